The van der Waals surface area contributed by atoms with Crippen molar-refractivity contribution in [2.45, 2.75) is 24.9 Å². The van der Waals surface area contributed by atoms with Crippen LogP contribution in [0, 0.1) is 0 Å². The maximum Gasteiger partial charge on any atom is 0.418 e. The van der Waals surface area contributed by atoms with Crippen molar-refractivity contribution in [1.29, 1.82) is 0 Å². The van der Waals surface area contributed by atoms with Crippen LogP contribution in [0.2, 0.25) is 0 Å². The molecule has 3 amide bonds. The molecule has 2 bridgehead atoms. The van der Waals surface area contributed by atoms with E-state index >= 15 is 0 Å². The van der Waals surface area contributed by atoms with Gasteiger partial charge in [-0.05, 0) is 12.8 Å². The number of hydrogen-bond acceptors (Lipinski definition) is 8. The number of urea groups is 1. The summed E-state index contributed by atoms with van der Waals surface area (Å²) in [5.41, 5.74) is 5.01. The number of carbonyl (C=O) groups is 2. The summed E-state index contributed by atoms with van der Waals surface area (Å²) in [5.74, 6) is -1.25. The fourth-order valence-corrected chi connectivity index (χ4v) is 2.95. The average molecular weight is 333 g/mol. The van der Waals surface area contributed by atoms with Crippen LogP contribution >= 0.6 is 0 Å². The van der Waals surface area contributed by atoms with E-state index in [9.17, 15) is 18.0 Å². The first kappa shape index (κ1) is 14.7. The molecule has 2 fully saturated rings. The van der Waals surface area contributed by atoms with Crippen molar-refractivity contribution < 1.29 is 31.3 Å². The van der Waals surface area contributed by atoms with Gasteiger partial charge in [0.1, 0.15) is 6.04 Å². The molecule has 0 saturated carbocycles. The highest BCUT2D eigenvalue weighted by Crippen LogP contribution is 2.38. The van der Waals surface area contributed by atoms with E-state index in [1.54, 1.807) is 0 Å². The Morgan fingerprint density at radius 3 is 2.73 bits per heavy atom. The number of nitrogens with two attached hydrogens (primary N) is 1. The summed E-state index contributed by atoms with van der Waals surface area (Å²) in [7, 11) is -4.80. The SMILES string of the molecule is NC(=O)c1nnc([C@@H]2CC[C@H]3CN2C(=O)N3OS(=O)(=O)O)o1. The molecule has 3 rings (SSSR count). The smallest absolute Gasteiger partial charge is 0.415 e. The van der Waals surface area contributed by atoms with Crippen molar-refractivity contribution in [3.8, 4) is 0 Å². The molecule has 0 aromatic carbocycles. The molecule has 22 heavy (non-hydrogen) atoms. The van der Waals surface area contributed by atoms with Gasteiger partial charge in [0.05, 0.1) is 6.04 Å². The van der Waals surface area contributed by atoms with E-state index in [1.807, 2.05) is 0 Å². The third-order valence-corrected chi connectivity index (χ3v) is 3.78. The standard InChI is InChI=1S/C9H11N5O7S/c10-6(15)8-12-11-7(20-8)5-2-1-4-3-13(5)9(16)14(4)21-22(17,18)19/h4-5H,1-3H2,(H2,10,15)(H,17,18,19)/t4-,5-/m0/s1. The summed E-state index contributed by atoms with van der Waals surface area (Å²) < 4.78 is 39.7. The van der Waals surface area contributed by atoms with Gasteiger partial charge in [0.2, 0.25) is 5.89 Å². The minimum Gasteiger partial charge on any atom is -0.415 e. The molecule has 1 aromatic rings. The maximum absolute atomic E-state index is 12.2. The number of rotatable bonds is 4. The quantitative estimate of drug-likeness (QED) is 0.645. The maximum atomic E-state index is 12.2. The number of nitrogens with zero attached hydrogens (tertiary/aromatic N) is 4. The zero-order chi connectivity index (χ0) is 16.1. The Morgan fingerprint density at radius 2 is 2.14 bits per heavy atom. The lowest BCUT2D eigenvalue weighted by Crippen LogP contribution is -2.35. The first-order valence-corrected chi connectivity index (χ1v) is 7.53. The fourth-order valence-electron chi connectivity index (χ4n) is 2.56. The second-order valence-electron chi connectivity index (χ2n) is 4.82. The molecule has 120 valence electrons. The summed E-state index contributed by atoms with van der Waals surface area (Å²) >= 11 is 0. The van der Waals surface area contributed by atoms with E-state index in [0.29, 0.717) is 17.9 Å². The van der Waals surface area contributed by atoms with Gasteiger partial charge in [-0.2, -0.15) is 13.5 Å². The zero-order valence-electron chi connectivity index (χ0n) is 10.9. The first-order chi connectivity index (χ1) is 10.3. The molecule has 1 aromatic heterocycles. The van der Waals surface area contributed by atoms with E-state index < -0.39 is 34.4 Å². The fraction of sp³-hybridized carbons (Fsp3) is 0.556. The molecule has 0 spiro atoms. The van der Waals surface area contributed by atoms with E-state index in [4.69, 9.17) is 14.7 Å². The summed E-state index contributed by atoms with van der Waals surface area (Å²) in [4.78, 5) is 24.4. The van der Waals surface area contributed by atoms with E-state index in [2.05, 4.69) is 14.5 Å². The second-order valence-corrected chi connectivity index (χ2v) is 5.82. The number of hydroxylamine groups is 2. The van der Waals surface area contributed by atoms with Crippen LogP contribution < -0.4 is 5.73 Å². The van der Waals surface area contributed by atoms with Crippen LogP contribution in [0.1, 0.15) is 35.5 Å². The van der Waals surface area contributed by atoms with E-state index in [0.717, 1.165) is 0 Å². The molecule has 3 N–H and O–H groups in total. The third kappa shape index (κ3) is 2.49. The molecule has 0 unspecified atom stereocenters. The molecule has 12 nitrogen and oxygen atoms in total. The lowest BCUT2D eigenvalue weighted by atomic mass is 10.0. The second kappa shape index (κ2) is 4.89. The number of carbonyl (C=O) groups excluding carboxylic acids is 2. The summed E-state index contributed by atoms with van der Waals surface area (Å²) in [5, 5.41) is 7.74. The highest BCUT2D eigenvalue weighted by molar-refractivity contribution is 7.80. The van der Waals surface area contributed by atoms with Crippen LogP contribution in [0.15, 0.2) is 4.42 Å². The highest BCUT2D eigenvalue weighted by Gasteiger charge is 2.49. The Labute approximate surface area is 123 Å². The molecule has 2 aliphatic heterocycles. The topological polar surface area (TPSA) is 169 Å². The lowest BCUT2D eigenvalue weighted by Gasteiger charge is -2.27. The average Bonchev–Trinajstić information content (AvgIpc) is 2.99. The Bertz CT molecular complexity index is 730. The molecule has 13 heteroatoms. The highest BCUT2D eigenvalue weighted by atomic mass is 32.3. The Balaban J connectivity index is 1.83. The van der Waals surface area contributed by atoms with Gasteiger partial charge in [0.15, 0.2) is 0 Å². The lowest BCUT2D eigenvalue weighted by molar-refractivity contribution is -0.0317. The number of aromatic nitrogens is 2. The predicted octanol–water partition coefficient (Wildman–Crippen LogP) is -1.16. The Kier molecular flexibility index (Phi) is 3.26. The van der Waals surface area contributed by atoms with Crippen molar-refractivity contribution in [2.24, 2.45) is 5.73 Å². The summed E-state index contributed by atoms with van der Waals surface area (Å²) in [6, 6.07) is -1.91. The van der Waals surface area contributed by atoms with Crippen molar-refractivity contribution in [3.63, 3.8) is 0 Å². The normalized spacial score (nSPS) is 24.9. The molecular weight excluding hydrogens is 322 g/mol. The van der Waals surface area contributed by atoms with Gasteiger partial charge in [-0.3, -0.25) is 9.35 Å². The minimum atomic E-state index is -4.80. The number of amides is 3. The van der Waals surface area contributed by atoms with Gasteiger partial charge in [0, 0.05) is 6.54 Å². The molecule has 2 aliphatic rings. The van der Waals surface area contributed by atoms with Gasteiger partial charge in [-0.15, -0.1) is 14.5 Å². The zero-order valence-corrected chi connectivity index (χ0v) is 11.8. The molecule has 0 aliphatic carbocycles. The van der Waals surface area contributed by atoms with Gasteiger partial charge >= 0.3 is 28.2 Å². The van der Waals surface area contributed by atoms with Crippen LogP contribution in [0.4, 0.5) is 4.79 Å². The largest absolute Gasteiger partial charge is 0.418 e. The number of hydrogen-bond donors (Lipinski definition) is 2. The number of fused-ring (bicyclic) bond motifs is 2. The van der Waals surface area contributed by atoms with Gasteiger partial charge < -0.3 is 15.1 Å². The Morgan fingerprint density at radius 1 is 1.41 bits per heavy atom. The molecule has 0 radical (unpaired) electrons. The van der Waals surface area contributed by atoms with Crippen molar-refractivity contribution >= 4 is 22.3 Å². The van der Waals surface area contributed by atoms with Crippen LogP contribution in [-0.2, 0) is 14.7 Å². The van der Waals surface area contributed by atoms with Gasteiger partial charge in [0.25, 0.3) is 0 Å². The molecular formula is C9H11N5O7S. The molecule has 2 saturated heterocycles. The Hall–Kier alpha value is -2.25. The van der Waals surface area contributed by atoms with E-state index in [1.165, 1.54) is 4.90 Å². The monoisotopic (exact) mass is 333 g/mol. The molecule has 2 atom stereocenters. The summed E-state index contributed by atoms with van der Waals surface area (Å²) in [6.07, 6.45) is 0.777. The van der Waals surface area contributed by atoms with Crippen molar-refractivity contribution in [2.75, 3.05) is 6.54 Å². The predicted molar refractivity (Wildman–Crippen MR) is 65.2 cm³/mol. The number of primary amides is 1. The minimum absolute atomic E-state index is 0.0225. The van der Waals surface area contributed by atoms with E-state index in [-0.39, 0.29) is 18.3 Å². The summed E-state index contributed by atoms with van der Waals surface area (Å²) in [6.45, 7) is 0.160. The van der Waals surface area contributed by atoms with Crippen LogP contribution in [0.25, 0.3) is 0 Å². The van der Waals surface area contributed by atoms with Gasteiger partial charge in [-0.25, -0.2) is 4.79 Å². The number of piperidine rings is 1. The first-order valence-electron chi connectivity index (χ1n) is 6.16. The van der Waals surface area contributed by atoms with Crippen LogP contribution in [0.5, 0.6) is 0 Å². The van der Waals surface area contributed by atoms with Crippen LogP contribution in [0.3, 0.4) is 0 Å². The van der Waals surface area contributed by atoms with Crippen molar-refractivity contribution in [3.05, 3.63) is 11.8 Å². The van der Waals surface area contributed by atoms with Crippen LogP contribution in [-0.4, -0.2) is 57.7 Å². The van der Waals surface area contributed by atoms with Crippen molar-refractivity contribution in [1.82, 2.24) is 20.2 Å². The third-order valence-electron chi connectivity index (χ3n) is 3.43. The molecule has 3 heterocycles. The van der Waals surface area contributed by atoms with Gasteiger partial charge in [-0.1, -0.05) is 0 Å².